The van der Waals surface area contributed by atoms with Gasteiger partial charge in [0.2, 0.25) is 21.8 Å². The van der Waals surface area contributed by atoms with Gasteiger partial charge in [0.05, 0.1) is 6.26 Å². The zero-order valence-corrected chi connectivity index (χ0v) is 16.5. The highest BCUT2D eigenvalue weighted by Crippen LogP contribution is 2.39. The lowest BCUT2D eigenvalue weighted by Crippen LogP contribution is -2.61. The molecule has 1 aromatic rings. The standard InChI is InChI=1S/C19H27N3O4S/c1-27(25,26)20-12-9-17(23)22-14-6-11-19(22)10-5-13-21(18(19)24)15-16-7-3-2-4-8-16/h2-4,7-8,20H,5-6,9-15H2,1H3. The highest BCUT2D eigenvalue weighted by atomic mass is 32.2. The minimum Gasteiger partial charge on any atom is -0.336 e. The van der Waals surface area contributed by atoms with Crippen LogP contribution in [0, 0.1) is 0 Å². The summed E-state index contributed by atoms with van der Waals surface area (Å²) in [6.45, 7) is 1.88. The van der Waals surface area contributed by atoms with E-state index in [4.69, 9.17) is 0 Å². The van der Waals surface area contributed by atoms with Gasteiger partial charge >= 0.3 is 0 Å². The molecule has 7 nitrogen and oxygen atoms in total. The van der Waals surface area contributed by atoms with Gasteiger partial charge in [-0.1, -0.05) is 30.3 Å². The molecule has 1 atom stereocenters. The molecule has 2 saturated heterocycles. The molecule has 2 aliphatic heterocycles. The monoisotopic (exact) mass is 393 g/mol. The molecule has 0 aromatic heterocycles. The van der Waals surface area contributed by atoms with Crippen molar-refractivity contribution in [3.63, 3.8) is 0 Å². The highest BCUT2D eigenvalue weighted by molar-refractivity contribution is 7.88. The van der Waals surface area contributed by atoms with Crippen molar-refractivity contribution in [2.75, 3.05) is 25.9 Å². The van der Waals surface area contributed by atoms with E-state index in [1.165, 1.54) is 0 Å². The van der Waals surface area contributed by atoms with Crippen LogP contribution in [0.15, 0.2) is 30.3 Å². The molecule has 27 heavy (non-hydrogen) atoms. The molecule has 0 aliphatic carbocycles. The summed E-state index contributed by atoms with van der Waals surface area (Å²) in [6, 6.07) is 9.87. The van der Waals surface area contributed by atoms with Crippen molar-refractivity contribution in [3.05, 3.63) is 35.9 Å². The zero-order chi connectivity index (χ0) is 19.5. The quantitative estimate of drug-likeness (QED) is 0.784. The fourth-order valence-electron chi connectivity index (χ4n) is 4.22. The number of carbonyl (C=O) groups excluding carboxylic acids is 2. The first-order valence-electron chi connectivity index (χ1n) is 9.40. The van der Waals surface area contributed by atoms with Gasteiger partial charge in [0.1, 0.15) is 5.54 Å². The van der Waals surface area contributed by atoms with Crippen molar-refractivity contribution < 1.29 is 18.0 Å². The summed E-state index contributed by atoms with van der Waals surface area (Å²) in [7, 11) is -3.33. The lowest BCUT2D eigenvalue weighted by Gasteiger charge is -2.44. The topological polar surface area (TPSA) is 86.8 Å². The lowest BCUT2D eigenvalue weighted by molar-refractivity contribution is -0.155. The number of sulfonamides is 1. The second kappa shape index (κ2) is 7.98. The van der Waals surface area contributed by atoms with Crippen LogP contribution in [0.3, 0.4) is 0 Å². The van der Waals surface area contributed by atoms with E-state index in [1.54, 1.807) is 4.90 Å². The molecule has 1 spiro atoms. The average Bonchev–Trinajstić information content (AvgIpc) is 3.03. The van der Waals surface area contributed by atoms with Crippen molar-refractivity contribution in [1.29, 1.82) is 0 Å². The summed E-state index contributed by atoms with van der Waals surface area (Å²) >= 11 is 0. The lowest BCUT2D eigenvalue weighted by atomic mass is 9.85. The molecule has 0 radical (unpaired) electrons. The number of likely N-dealkylation sites (tertiary alicyclic amines) is 2. The molecule has 2 amide bonds. The Bertz CT molecular complexity index is 796. The molecule has 2 aliphatic rings. The maximum Gasteiger partial charge on any atom is 0.248 e. The van der Waals surface area contributed by atoms with Gasteiger partial charge in [0, 0.05) is 32.6 Å². The number of nitrogens with zero attached hydrogens (tertiary/aromatic N) is 2. The first-order valence-corrected chi connectivity index (χ1v) is 11.3. The number of nitrogens with one attached hydrogen (secondary N) is 1. The molecule has 0 saturated carbocycles. The SMILES string of the molecule is CS(=O)(=O)NCCC(=O)N1CCCC12CCCN(Cc1ccccc1)C2=O. The number of amides is 2. The summed E-state index contributed by atoms with van der Waals surface area (Å²) in [5, 5.41) is 0. The summed E-state index contributed by atoms with van der Waals surface area (Å²) < 4.78 is 24.8. The molecule has 2 fully saturated rings. The second-order valence-electron chi connectivity index (χ2n) is 7.41. The largest absolute Gasteiger partial charge is 0.336 e. The molecule has 1 aromatic carbocycles. The molecule has 1 N–H and O–H groups in total. The van der Waals surface area contributed by atoms with E-state index >= 15 is 0 Å². The molecule has 3 rings (SSSR count). The Morgan fingerprint density at radius 3 is 2.48 bits per heavy atom. The fraction of sp³-hybridized carbons (Fsp3) is 0.579. The van der Waals surface area contributed by atoms with Crippen molar-refractivity contribution in [3.8, 4) is 0 Å². The summed E-state index contributed by atoms with van der Waals surface area (Å²) in [5.74, 6) is -0.127. The third kappa shape index (κ3) is 4.50. The number of hydrogen-bond acceptors (Lipinski definition) is 4. The van der Waals surface area contributed by atoms with E-state index in [0.29, 0.717) is 32.5 Å². The number of rotatable bonds is 6. The van der Waals surface area contributed by atoms with E-state index in [9.17, 15) is 18.0 Å². The van der Waals surface area contributed by atoms with Gasteiger partial charge in [-0.3, -0.25) is 9.59 Å². The Hall–Kier alpha value is -1.93. The van der Waals surface area contributed by atoms with Crippen LogP contribution in [0.2, 0.25) is 0 Å². The van der Waals surface area contributed by atoms with E-state index in [2.05, 4.69) is 4.72 Å². The van der Waals surface area contributed by atoms with Crippen LogP contribution in [0.5, 0.6) is 0 Å². The number of piperidine rings is 1. The van der Waals surface area contributed by atoms with Crippen LogP contribution in [0.25, 0.3) is 0 Å². The summed E-state index contributed by atoms with van der Waals surface area (Å²) in [5.41, 5.74) is 0.325. The summed E-state index contributed by atoms with van der Waals surface area (Å²) in [4.78, 5) is 29.6. The molecular weight excluding hydrogens is 366 g/mol. The van der Waals surface area contributed by atoms with Crippen LogP contribution in [-0.2, 0) is 26.2 Å². The molecule has 2 heterocycles. The Kier molecular flexibility index (Phi) is 5.86. The minimum absolute atomic E-state index is 0.0273. The van der Waals surface area contributed by atoms with E-state index < -0.39 is 15.6 Å². The minimum atomic E-state index is -3.33. The van der Waals surface area contributed by atoms with E-state index in [1.807, 2.05) is 35.2 Å². The number of carbonyl (C=O) groups is 2. The fourth-order valence-corrected chi connectivity index (χ4v) is 4.70. The van der Waals surface area contributed by atoms with Crippen LogP contribution < -0.4 is 4.72 Å². The van der Waals surface area contributed by atoms with Crippen molar-refractivity contribution in [1.82, 2.24) is 14.5 Å². The molecular formula is C19H27N3O4S. The average molecular weight is 394 g/mol. The van der Waals surface area contributed by atoms with E-state index in [0.717, 1.165) is 24.7 Å². The third-order valence-corrected chi connectivity index (χ3v) is 6.14. The van der Waals surface area contributed by atoms with Gasteiger partial charge in [0.15, 0.2) is 0 Å². The van der Waals surface area contributed by atoms with Gasteiger partial charge < -0.3 is 9.80 Å². The molecule has 1 unspecified atom stereocenters. The number of hydrogen-bond donors (Lipinski definition) is 1. The summed E-state index contributed by atoms with van der Waals surface area (Å²) in [6.07, 6.45) is 4.17. The Balaban J connectivity index is 1.70. The van der Waals surface area contributed by atoms with Crippen LogP contribution in [0.1, 0.15) is 37.7 Å². The Morgan fingerprint density at radius 2 is 1.81 bits per heavy atom. The molecule has 8 heteroatoms. The van der Waals surface area contributed by atoms with E-state index in [-0.39, 0.29) is 24.8 Å². The van der Waals surface area contributed by atoms with Crippen LogP contribution >= 0.6 is 0 Å². The zero-order valence-electron chi connectivity index (χ0n) is 15.7. The van der Waals surface area contributed by atoms with Crippen molar-refractivity contribution in [2.45, 2.75) is 44.2 Å². The maximum absolute atomic E-state index is 13.3. The smallest absolute Gasteiger partial charge is 0.248 e. The highest BCUT2D eigenvalue weighted by Gasteiger charge is 2.52. The molecule has 0 bridgehead atoms. The van der Waals surface area contributed by atoms with Gasteiger partial charge in [-0.25, -0.2) is 13.1 Å². The Morgan fingerprint density at radius 1 is 1.15 bits per heavy atom. The predicted molar refractivity (Wildman–Crippen MR) is 102 cm³/mol. The first-order chi connectivity index (χ1) is 12.8. The second-order valence-corrected chi connectivity index (χ2v) is 9.25. The van der Waals surface area contributed by atoms with Crippen molar-refractivity contribution in [2.24, 2.45) is 0 Å². The first kappa shape index (κ1) is 19.8. The third-order valence-electron chi connectivity index (χ3n) is 5.41. The van der Waals surface area contributed by atoms with Gasteiger partial charge in [-0.05, 0) is 31.2 Å². The van der Waals surface area contributed by atoms with Gasteiger partial charge in [-0.2, -0.15) is 0 Å². The normalized spacial score (nSPS) is 23.2. The number of benzene rings is 1. The van der Waals surface area contributed by atoms with Crippen molar-refractivity contribution >= 4 is 21.8 Å². The Labute approximate surface area is 160 Å². The maximum atomic E-state index is 13.3. The van der Waals surface area contributed by atoms with Gasteiger partial charge in [0.25, 0.3) is 0 Å². The van der Waals surface area contributed by atoms with Crippen LogP contribution in [-0.4, -0.2) is 61.5 Å². The predicted octanol–water partition coefficient (Wildman–Crippen LogP) is 1.11. The molecule has 148 valence electrons. The van der Waals surface area contributed by atoms with Crippen LogP contribution in [0.4, 0.5) is 0 Å². The van der Waals surface area contributed by atoms with Gasteiger partial charge in [-0.15, -0.1) is 0 Å².